The van der Waals surface area contributed by atoms with Gasteiger partial charge in [0.1, 0.15) is 5.69 Å². The normalized spacial score (nSPS) is 28.0. The Bertz CT molecular complexity index is 1220. The third-order valence-electron chi connectivity index (χ3n) is 6.94. The van der Waals surface area contributed by atoms with Crippen molar-refractivity contribution in [3.8, 4) is 0 Å². The predicted molar refractivity (Wildman–Crippen MR) is 116 cm³/mol. The molecule has 0 spiro atoms. The molecule has 2 fully saturated rings. The molecule has 3 heterocycles. The first-order chi connectivity index (χ1) is 16.0. The molecule has 2 aromatic heterocycles. The number of nitrogens with two attached hydrogens (primary N) is 1. The molecule has 1 aliphatic heterocycles. The molecule has 2 aliphatic carbocycles. The first kappa shape index (κ1) is 20.0. The first-order valence-corrected chi connectivity index (χ1v) is 11.0. The Morgan fingerprint density at radius 1 is 1.27 bits per heavy atom. The molecule has 0 unspecified atom stereocenters. The van der Waals surface area contributed by atoms with Crippen LogP contribution in [0.5, 0.6) is 0 Å². The number of fused-ring (bicyclic) bond motifs is 8. The van der Waals surface area contributed by atoms with Crippen molar-refractivity contribution in [1.82, 2.24) is 25.0 Å². The van der Waals surface area contributed by atoms with Crippen molar-refractivity contribution in [1.29, 1.82) is 0 Å². The summed E-state index contributed by atoms with van der Waals surface area (Å²) in [5.74, 6) is -0.991. The molecule has 5 atom stereocenters. The summed E-state index contributed by atoms with van der Waals surface area (Å²) in [6, 6.07) is 7.28. The second-order valence-electron chi connectivity index (χ2n) is 8.96. The van der Waals surface area contributed by atoms with Gasteiger partial charge < -0.3 is 21.1 Å². The SMILES string of the molecule is NC(=O)[C@H]1[C@H]2C[C@H]3[C@H]1Nc1nc(ncc1F)Nc1cccc(c1)COCc1cn(nn1)[C@@H]3C2. The van der Waals surface area contributed by atoms with Gasteiger partial charge in [-0.15, -0.1) is 5.10 Å². The topological polar surface area (TPSA) is 133 Å². The van der Waals surface area contributed by atoms with Crippen molar-refractivity contribution in [2.24, 2.45) is 23.5 Å². The molecule has 10 nitrogen and oxygen atoms in total. The van der Waals surface area contributed by atoms with Crippen LogP contribution in [0.2, 0.25) is 0 Å². The van der Waals surface area contributed by atoms with Crippen LogP contribution < -0.4 is 16.4 Å². The summed E-state index contributed by atoms with van der Waals surface area (Å²) < 4.78 is 22.4. The van der Waals surface area contributed by atoms with Gasteiger partial charge in [0.05, 0.1) is 37.6 Å². The van der Waals surface area contributed by atoms with Gasteiger partial charge in [0, 0.05) is 17.6 Å². The first-order valence-electron chi connectivity index (χ1n) is 11.0. The van der Waals surface area contributed by atoms with Gasteiger partial charge in [-0.05, 0) is 36.5 Å². The zero-order valence-electron chi connectivity index (χ0n) is 17.7. The fourth-order valence-corrected chi connectivity index (χ4v) is 5.61. The van der Waals surface area contributed by atoms with Crippen LogP contribution in [0.4, 0.5) is 21.8 Å². The Balaban J connectivity index is 1.41. The van der Waals surface area contributed by atoms with Crippen LogP contribution >= 0.6 is 0 Å². The minimum atomic E-state index is -0.591. The van der Waals surface area contributed by atoms with Crippen molar-refractivity contribution in [2.45, 2.75) is 38.1 Å². The average Bonchev–Trinajstić information content (AvgIpc) is 3.50. The van der Waals surface area contributed by atoms with E-state index in [9.17, 15) is 9.18 Å². The maximum atomic E-state index is 14.7. The van der Waals surface area contributed by atoms with Gasteiger partial charge in [-0.2, -0.15) is 4.98 Å². The number of benzene rings is 1. The average molecular weight is 450 g/mol. The van der Waals surface area contributed by atoms with Crippen LogP contribution in [0, 0.1) is 23.6 Å². The maximum absolute atomic E-state index is 14.7. The van der Waals surface area contributed by atoms with E-state index >= 15 is 0 Å². The zero-order chi connectivity index (χ0) is 22.5. The zero-order valence-corrected chi connectivity index (χ0v) is 17.7. The van der Waals surface area contributed by atoms with Gasteiger partial charge in [-0.1, -0.05) is 17.3 Å². The maximum Gasteiger partial charge on any atom is 0.229 e. The van der Waals surface area contributed by atoms with Gasteiger partial charge >= 0.3 is 0 Å². The molecule has 170 valence electrons. The van der Waals surface area contributed by atoms with E-state index < -0.39 is 11.7 Å². The highest BCUT2D eigenvalue weighted by atomic mass is 19.1. The summed E-state index contributed by atoms with van der Waals surface area (Å²) in [6.07, 6.45) is 4.57. The Morgan fingerprint density at radius 2 is 2.18 bits per heavy atom. The highest BCUT2D eigenvalue weighted by Gasteiger charge is 2.56. The Labute approximate surface area is 188 Å². The number of halogens is 1. The Hall–Kier alpha value is -3.60. The molecule has 3 aromatic rings. The second-order valence-corrected chi connectivity index (χ2v) is 8.96. The van der Waals surface area contributed by atoms with Gasteiger partial charge in [-0.25, -0.2) is 14.1 Å². The summed E-state index contributed by atoms with van der Waals surface area (Å²) >= 11 is 0. The van der Waals surface area contributed by atoms with Crippen molar-refractivity contribution in [3.63, 3.8) is 0 Å². The molecule has 2 saturated carbocycles. The molecule has 8 bridgehead atoms. The number of nitrogens with one attached hydrogen (secondary N) is 2. The summed E-state index contributed by atoms with van der Waals surface area (Å²) in [7, 11) is 0. The minimum Gasteiger partial charge on any atom is -0.370 e. The molecule has 1 amide bonds. The van der Waals surface area contributed by atoms with E-state index in [1.54, 1.807) is 0 Å². The molecule has 0 radical (unpaired) electrons. The highest BCUT2D eigenvalue weighted by Crippen LogP contribution is 2.54. The van der Waals surface area contributed by atoms with Crippen molar-refractivity contribution in [3.05, 3.63) is 53.7 Å². The number of aromatic nitrogens is 5. The fourth-order valence-electron chi connectivity index (χ4n) is 5.61. The van der Waals surface area contributed by atoms with E-state index in [1.807, 2.05) is 35.1 Å². The van der Waals surface area contributed by atoms with E-state index in [1.165, 1.54) is 0 Å². The van der Waals surface area contributed by atoms with Crippen LogP contribution in [-0.2, 0) is 22.7 Å². The molecule has 3 aliphatic rings. The number of ether oxygens (including phenoxy) is 1. The monoisotopic (exact) mass is 450 g/mol. The van der Waals surface area contributed by atoms with Crippen molar-refractivity contribution >= 4 is 23.4 Å². The van der Waals surface area contributed by atoms with Crippen LogP contribution in [0.25, 0.3) is 0 Å². The smallest absolute Gasteiger partial charge is 0.229 e. The molecule has 6 rings (SSSR count). The molecule has 33 heavy (non-hydrogen) atoms. The lowest BCUT2D eigenvalue weighted by molar-refractivity contribution is -0.123. The van der Waals surface area contributed by atoms with E-state index in [4.69, 9.17) is 10.5 Å². The van der Waals surface area contributed by atoms with Gasteiger partial charge in [0.15, 0.2) is 11.6 Å². The van der Waals surface area contributed by atoms with E-state index in [2.05, 4.69) is 30.9 Å². The van der Waals surface area contributed by atoms with Crippen molar-refractivity contribution < 1.29 is 13.9 Å². The quantitative estimate of drug-likeness (QED) is 0.514. The molecular weight excluding hydrogens is 427 g/mol. The third kappa shape index (κ3) is 3.58. The number of anilines is 3. The molecule has 11 heteroatoms. The number of carbonyl (C=O) groups excluding carboxylic acids is 1. The van der Waals surface area contributed by atoms with E-state index in [0.717, 1.165) is 36.0 Å². The number of hydrogen-bond acceptors (Lipinski definition) is 8. The van der Waals surface area contributed by atoms with Gasteiger partial charge in [0.25, 0.3) is 0 Å². The lowest BCUT2D eigenvalue weighted by atomic mass is 9.81. The van der Waals surface area contributed by atoms with Gasteiger partial charge in [-0.3, -0.25) is 4.79 Å². The summed E-state index contributed by atoms with van der Waals surface area (Å²) in [5.41, 5.74) is 8.20. The van der Waals surface area contributed by atoms with E-state index in [-0.39, 0.29) is 41.6 Å². The van der Waals surface area contributed by atoms with Crippen LogP contribution in [0.15, 0.2) is 36.7 Å². The lowest BCUT2D eigenvalue weighted by Crippen LogP contribution is -2.45. The van der Waals surface area contributed by atoms with Crippen LogP contribution in [-0.4, -0.2) is 36.9 Å². The van der Waals surface area contributed by atoms with Crippen molar-refractivity contribution in [2.75, 3.05) is 10.6 Å². The molecule has 4 N–H and O–H groups in total. The highest BCUT2D eigenvalue weighted by molar-refractivity contribution is 5.79. The summed E-state index contributed by atoms with van der Waals surface area (Å²) in [6.45, 7) is 0.731. The molecular formula is C22H23FN8O2. The summed E-state index contributed by atoms with van der Waals surface area (Å²) in [4.78, 5) is 20.7. The minimum absolute atomic E-state index is 0.0255. The summed E-state index contributed by atoms with van der Waals surface area (Å²) in [5, 5.41) is 14.9. The standard InChI is InChI=1S/C22H23FN8O2/c23-16-7-25-22-26-13-3-1-2-11(4-13)9-33-10-14-8-31(30-29-14)17-6-12-5-15(17)19(18(12)20(24)32)27-21(16)28-22/h1-4,7-8,12,15,17-19H,5-6,9-10H2,(H2,24,32)(H2,25,26,27,28)/t12-,15+,17+,18-,19+/m0/s1. The number of hydrogen-bond donors (Lipinski definition) is 3. The predicted octanol–water partition coefficient (Wildman–Crippen LogP) is 2.14. The number of primary amides is 1. The van der Waals surface area contributed by atoms with Gasteiger partial charge in [0.2, 0.25) is 11.9 Å². The Morgan fingerprint density at radius 3 is 3.06 bits per heavy atom. The number of nitrogens with zero attached hydrogens (tertiary/aromatic N) is 5. The van der Waals surface area contributed by atoms with Crippen LogP contribution in [0.3, 0.4) is 0 Å². The number of rotatable bonds is 1. The molecule has 1 aromatic carbocycles. The van der Waals surface area contributed by atoms with E-state index in [0.29, 0.717) is 13.2 Å². The fraction of sp³-hybridized carbons (Fsp3) is 0.409. The number of carbonyl (C=O) groups is 1. The lowest BCUT2D eigenvalue weighted by Gasteiger charge is -2.35. The largest absolute Gasteiger partial charge is 0.370 e. The Kier molecular flexibility index (Phi) is 4.72. The second kappa shape index (κ2) is 7.77. The van der Waals surface area contributed by atoms with Crippen LogP contribution in [0.1, 0.15) is 30.1 Å². The molecule has 0 saturated heterocycles. The third-order valence-corrected chi connectivity index (χ3v) is 6.94. The number of amides is 1.